The van der Waals surface area contributed by atoms with Crippen molar-refractivity contribution < 1.29 is 15.0 Å². The first-order chi connectivity index (χ1) is 7.71. The number of phenolic OH excluding ortho intramolecular Hbond substituents is 1. The smallest absolute Gasteiger partial charge is 0.303 e. The number of benzene rings is 1. The first kappa shape index (κ1) is 14.0. The molecule has 0 saturated carbocycles. The van der Waals surface area contributed by atoms with Crippen LogP contribution in [0.4, 0.5) is 0 Å². The molecule has 1 aromatic carbocycles. The Bertz CT molecular complexity index is 433. The van der Waals surface area contributed by atoms with Crippen LogP contribution in [0.3, 0.4) is 0 Å². The number of rotatable bonds is 3. The van der Waals surface area contributed by atoms with E-state index in [1.807, 2.05) is 26.8 Å². The number of halogens is 1. The lowest BCUT2D eigenvalue weighted by Gasteiger charge is -2.22. The molecule has 0 aliphatic heterocycles. The minimum absolute atomic E-state index is 0.0214. The SMILES string of the molecule is CC(C)(C)c1cc(Br)cc(CCC(=O)O)c1O. The van der Waals surface area contributed by atoms with Gasteiger partial charge in [0.05, 0.1) is 0 Å². The van der Waals surface area contributed by atoms with Crippen molar-refractivity contribution in [2.75, 3.05) is 0 Å². The topological polar surface area (TPSA) is 57.5 Å². The second-order valence-electron chi connectivity index (χ2n) is 5.10. The summed E-state index contributed by atoms with van der Waals surface area (Å²) >= 11 is 3.39. The molecule has 1 aromatic rings. The molecule has 0 atom stereocenters. The molecule has 94 valence electrons. The number of aliphatic carboxylic acids is 1. The van der Waals surface area contributed by atoms with Gasteiger partial charge in [0.25, 0.3) is 0 Å². The standard InChI is InChI=1S/C13H17BrO3/c1-13(2,3)10-7-9(14)6-8(12(10)17)4-5-11(15)16/h6-7,17H,4-5H2,1-3H3,(H,15,16). The fraction of sp³-hybridized carbons (Fsp3) is 0.462. The molecule has 0 fully saturated rings. The van der Waals surface area contributed by atoms with Crippen molar-refractivity contribution in [3.8, 4) is 5.75 Å². The van der Waals surface area contributed by atoms with Crippen LogP contribution in [-0.2, 0) is 16.6 Å². The molecule has 0 spiro atoms. The highest BCUT2D eigenvalue weighted by atomic mass is 79.9. The van der Waals surface area contributed by atoms with Gasteiger partial charge in [0.1, 0.15) is 5.75 Å². The molecule has 3 nitrogen and oxygen atoms in total. The van der Waals surface area contributed by atoms with Crippen molar-refractivity contribution in [1.29, 1.82) is 0 Å². The van der Waals surface area contributed by atoms with E-state index in [1.54, 1.807) is 6.07 Å². The number of carbonyl (C=O) groups is 1. The third-order valence-corrected chi connectivity index (χ3v) is 3.03. The Kier molecular flexibility index (Phi) is 4.20. The van der Waals surface area contributed by atoms with E-state index in [9.17, 15) is 9.90 Å². The molecule has 0 heterocycles. The molecule has 0 radical (unpaired) electrons. The summed E-state index contributed by atoms with van der Waals surface area (Å²) in [6.45, 7) is 6.03. The molecule has 4 heteroatoms. The largest absolute Gasteiger partial charge is 0.507 e. The lowest BCUT2D eigenvalue weighted by Crippen LogP contribution is -2.12. The van der Waals surface area contributed by atoms with Gasteiger partial charge < -0.3 is 10.2 Å². The Morgan fingerprint density at radius 2 is 1.94 bits per heavy atom. The molecule has 17 heavy (non-hydrogen) atoms. The van der Waals surface area contributed by atoms with E-state index in [4.69, 9.17) is 5.11 Å². The average molecular weight is 301 g/mol. The highest BCUT2D eigenvalue weighted by Gasteiger charge is 2.21. The average Bonchev–Trinajstić information content (AvgIpc) is 2.17. The zero-order valence-electron chi connectivity index (χ0n) is 10.2. The number of carboxylic acid groups (broad SMARTS) is 1. The maximum atomic E-state index is 10.6. The first-order valence-electron chi connectivity index (χ1n) is 5.45. The first-order valence-corrected chi connectivity index (χ1v) is 6.25. The highest BCUT2D eigenvalue weighted by molar-refractivity contribution is 9.10. The summed E-state index contributed by atoms with van der Waals surface area (Å²) in [5.41, 5.74) is 1.32. The van der Waals surface area contributed by atoms with Crippen molar-refractivity contribution in [2.45, 2.75) is 39.0 Å². The number of carboxylic acids is 1. The van der Waals surface area contributed by atoms with Crippen LogP contribution in [0.1, 0.15) is 38.3 Å². The fourth-order valence-electron chi connectivity index (χ4n) is 1.66. The normalized spacial score (nSPS) is 11.5. The Labute approximate surface area is 110 Å². The minimum atomic E-state index is -0.860. The minimum Gasteiger partial charge on any atom is -0.507 e. The molecule has 0 amide bonds. The summed E-state index contributed by atoms with van der Waals surface area (Å²) in [6.07, 6.45) is 0.358. The van der Waals surface area contributed by atoms with Crippen LogP contribution < -0.4 is 0 Å². The van der Waals surface area contributed by atoms with Crippen LogP contribution >= 0.6 is 15.9 Å². The van der Waals surface area contributed by atoms with Crippen molar-refractivity contribution in [3.05, 3.63) is 27.7 Å². The third-order valence-electron chi connectivity index (χ3n) is 2.57. The van der Waals surface area contributed by atoms with Crippen LogP contribution in [0.25, 0.3) is 0 Å². The zero-order valence-corrected chi connectivity index (χ0v) is 11.8. The van der Waals surface area contributed by atoms with Gasteiger partial charge in [-0.05, 0) is 29.5 Å². The number of aromatic hydroxyl groups is 1. The monoisotopic (exact) mass is 300 g/mol. The number of aryl methyl sites for hydroxylation is 1. The molecular formula is C13H17BrO3. The van der Waals surface area contributed by atoms with Crippen LogP contribution in [0.2, 0.25) is 0 Å². The van der Waals surface area contributed by atoms with E-state index in [2.05, 4.69) is 15.9 Å². The Hall–Kier alpha value is -1.03. The van der Waals surface area contributed by atoms with Crippen molar-refractivity contribution in [1.82, 2.24) is 0 Å². The lowest BCUT2D eigenvalue weighted by atomic mass is 9.85. The van der Waals surface area contributed by atoms with E-state index < -0.39 is 5.97 Å². The predicted molar refractivity (Wildman–Crippen MR) is 70.5 cm³/mol. The maximum Gasteiger partial charge on any atom is 0.303 e. The molecule has 0 aliphatic carbocycles. The summed E-state index contributed by atoms with van der Waals surface area (Å²) in [5, 5.41) is 18.8. The molecule has 0 aliphatic rings. The van der Waals surface area contributed by atoms with Gasteiger partial charge in [-0.25, -0.2) is 0 Å². The lowest BCUT2D eigenvalue weighted by molar-refractivity contribution is -0.136. The van der Waals surface area contributed by atoms with Crippen LogP contribution in [0.15, 0.2) is 16.6 Å². The molecular weight excluding hydrogens is 284 g/mol. The summed E-state index contributed by atoms with van der Waals surface area (Å²) in [7, 11) is 0. The van der Waals surface area contributed by atoms with Crippen LogP contribution in [0.5, 0.6) is 5.75 Å². The van der Waals surface area contributed by atoms with Gasteiger partial charge in [-0.3, -0.25) is 4.79 Å². The predicted octanol–water partition coefficient (Wildman–Crippen LogP) is 3.47. The zero-order chi connectivity index (χ0) is 13.2. The molecule has 2 N–H and O–H groups in total. The van der Waals surface area contributed by atoms with Crippen molar-refractivity contribution in [2.24, 2.45) is 0 Å². The van der Waals surface area contributed by atoms with E-state index in [-0.39, 0.29) is 17.6 Å². The molecule has 0 bridgehead atoms. The Morgan fingerprint density at radius 3 is 2.41 bits per heavy atom. The Balaban J connectivity index is 3.15. The Morgan fingerprint density at radius 1 is 1.35 bits per heavy atom. The van der Waals surface area contributed by atoms with Gasteiger partial charge in [0, 0.05) is 16.5 Å². The van der Waals surface area contributed by atoms with Crippen molar-refractivity contribution >= 4 is 21.9 Å². The third kappa shape index (κ3) is 3.73. The van der Waals surface area contributed by atoms with Gasteiger partial charge in [0.15, 0.2) is 0 Å². The summed E-state index contributed by atoms with van der Waals surface area (Å²) in [6, 6.07) is 3.65. The number of phenols is 1. The van der Waals surface area contributed by atoms with E-state index >= 15 is 0 Å². The fourth-order valence-corrected chi connectivity index (χ4v) is 2.16. The maximum absolute atomic E-state index is 10.6. The number of hydrogen-bond acceptors (Lipinski definition) is 2. The second-order valence-corrected chi connectivity index (χ2v) is 6.02. The van der Waals surface area contributed by atoms with E-state index in [0.717, 1.165) is 10.0 Å². The molecule has 0 unspecified atom stereocenters. The van der Waals surface area contributed by atoms with Crippen LogP contribution in [0, 0.1) is 0 Å². The van der Waals surface area contributed by atoms with Gasteiger partial charge in [0.2, 0.25) is 0 Å². The molecule has 0 saturated heterocycles. The molecule has 1 rings (SSSR count). The quantitative estimate of drug-likeness (QED) is 0.898. The van der Waals surface area contributed by atoms with E-state index in [0.29, 0.717) is 12.0 Å². The van der Waals surface area contributed by atoms with Gasteiger partial charge in [-0.2, -0.15) is 0 Å². The highest BCUT2D eigenvalue weighted by Crippen LogP contribution is 2.36. The van der Waals surface area contributed by atoms with Gasteiger partial charge in [-0.1, -0.05) is 36.7 Å². The summed E-state index contributed by atoms with van der Waals surface area (Å²) in [4.78, 5) is 10.6. The van der Waals surface area contributed by atoms with E-state index in [1.165, 1.54) is 0 Å². The van der Waals surface area contributed by atoms with Crippen molar-refractivity contribution in [3.63, 3.8) is 0 Å². The number of hydrogen-bond donors (Lipinski definition) is 2. The summed E-state index contributed by atoms with van der Waals surface area (Å²) < 4.78 is 0.862. The van der Waals surface area contributed by atoms with Gasteiger partial charge in [-0.15, -0.1) is 0 Å². The van der Waals surface area contributed by atoms with Gasteiger partial charge >= 0.3 is 5.97 Å². The summed E-state index contributed by atoms with van der Waals surface area (Å²) in [5.74, 6) is -0.649. The molecule has 0 aromatic heterocycles. The second kappa shape index (κ2) is 5.08. The van der Waals surface area contributed by atoms with Crippen LogP contribution in [-0.4, -0.2) is 16.2 Å².